The number of nitrogens with one attached hydrogen (secondary N) is 1. The first-order valence-corrected chi connectivity index (χ1v) is 6.49. The van der Waals surface area contributed by atoms with Gasteiger partial charge in [0, 0.05) is 12.2 Å². The molecule has 0 spiro atoms. The molecule has 17 heavy (non-hydrogen) atoms. The Morgan fingerprint density at radius 2 is 2.35 bits per heavy atom. The molecule has 1 atom stereocenters. The zero-order valence-corrected chi connectivity index (χ0v) is 10.7. The maximum atomic E-state index is 11.9. The topological polar surface area (TPSA) is 42.0 Å². The number of hydrogen-bond acceptors (Lipinski definition) is 2. The third-order valence-corrected chi connectivity index (χ3v) is 3.36. The fourth-order valence-corrected chi connectivity index (χ4v) is 1.97. The van der Waals surface area contributed by atoms with E-state index in [1.165, 1.54) is 19.0 Å². The summed E-state index contributed by atoms with van der Waals surface area (Å²) in [7, 11) is 0. The Morgan fingerprint density at radius 3 is 2.88 bits per heavy atom. The second-order valence-electron chi connectivity index (χ2n) is 4.63. The highest BCUT2D eigenvalue weighted by Gasteiger charge is 2.25. The van der Waals surface area contributed by atoms with E-state index in [0.29, 0.717) is 10.7 Å². The molecule has 2 rings (SSSR count). The molecule has 0 radical (unpaired) electrons. The molecule has 1 aromatic heterocycles. The largest absolute Gasteiger partial charge is 0.349 e. The van der Waals surface area contributed by atoms with Gasteiger partial charge in [0.1, 0.15) is 5.15 Å². The van der Waals surface area contributed by atoms with Crippen LogP contribution in [0.2, 0.25) is 5.15 Å². The number of nitrogens with zero attached hydrogens (tertiary/aromatic N) is 1. The zero-order valence-electron chi connectivity index (χ0n) is 9.95. The molecule has 4 heteroatoms. The molecule has 1 heterocycles. The molecular weight excluding hydrogens is 236 g/mol. The lowest BCUT2D eigenvalue weighted by atomic mass is 10.1. The number of halogens is 1. The first-order chi connectivity index (χ1) is 8.19. The van der Waals surface area contributed by atoms with E-state index in [1.807, 2.05) is 0 Å². The van der Waals surface area contributed by atoms with Crippen LogP contribution in [-0.2, 0) is 0 Å². The Hall–Kier alpha value is -1.09. The maximum Gasteiger partial charge on any atom is 0.253 e. The average Bonchev–Trinajstić information content (AvgIpc) is 3.13. The van der Waals surface area contributed by atoms with Crippen molar-refractivity contribution in [3.05, 3.63) is 29.0 Å². The van der Waals surface area contributed by atoms with E-state index in [0.717, 1.165) is 18.8 Å². The van der Waals surface area contributed by atoms with E-state index in [1.54, 1.807) is 12.1 Å². The van der Waals surface area contributed by atoms with Crippen LogP contribution in [0.3, 0.4) is 0 Å². The summed E-state index contributed by atoms with van der Waals surface area (Å²) in [6, 6.07) is 3.62. The van der Waals surface area contributed by atoms with Crippen molar-refractivity contribution < 1.29 is 4.79 Å². The molecule has 0 aliphatic heterocycles. The highest BCUT2D eigenvalue weighted by Crippen LogP contribution is 2.34. The van der Waals surface area contributed by atoms with Crippen LogP contribution in [0, 0.1) is 5.92 Å². The number of carbonyl (C=O) groups excluding carboxylic acids is 1. The van der Waals surface area contributed by atoms with Gasteiger partial charge in [-0.05, 0) is 30.9 Å². The van der Waals surface area contributed by atoms with E-state index in [2.05, 4.69) is 17.2 Å². The van der Waals surface area contributed by atoms with Crippen LogP contribution in [0.15, 0.2) is 18.3 Å². The third-order valence-electron chi connectivity index (χ3n) is 3.13. The second kappa shape index (κ2) is 5.50. The monoisotopic (exact) mass is 252 g/mol. The molecule has 1 fully saturated rings. The molecule has 1 aromatic rings. The van der Waals surface area contributed by atoms with Gasteiger partial charge in [-0.3, -0.25) is 4.79 Å². The van der Waals surface area contributed by atoms with E-state index in [9.17, 15) is 4.79 Å². The van der Waals surface area contributed by atoms with E-state index >= 15 is 0 Å². The predicted octanol–water partition coefficient (Wildman–Crippen LogP) is 3.04. The molecule has 0 aromatic carbocycles. The van der Waals surface area contributed by atoms with Gasteiger partial charge < -0.3 is 5.32 Å². The molecule has 1 aliphatic carbocycles. The molecule has 3 nitrogen and oxygen atoms in total. The predicted molar refractivity (Wildman–Crippen MR) is 68.1 cm³/mol. The standard InChI is InChI=1S/C13H17ClN2O/c1-2-11(7-9-3-4-9)16-13(17)10-5-6-12(14)15-8-10/h5-6,8-9,11H,2-4,7H2,1H3,(H,16,17). The minimum Gasteiger partial charge on any atom is -0.349 e. The average molecular weight is 253 g/mol. The Bertz CT molecular complexity index is 387. The van der Waals surface area contributed by atoms with Crippen molar-refractivity contribution in [2.75, 3.05) is 0 Å². The Labute approximate surface area is 107 Å². The number of hydrogen-bond donors (Lipinski definition) is 1. The molecule has 1 unspecified atom stereocenters. The molecular formula is C13H17ClN2O. The molecule has 1 saturated carbocycles. The number of carbonyl (C=O) groups is 1. The minimum atomic E-state index is -0.0540. The van der Waals surface area contributed by atoms with Gasteiger partial charge >= 0.3 is 0 Å². The summed E-state index contributed by atoms with van der Waals surface area (Å²) in [6.07, 6.45) is 6.22. The number of rotatable bonds is 5. The van der Waals surface area contributed by atoms with E-state index < -0.39 is 0 Å². The number of pyridine rings is 1. The van der Waals surface area contributed by atoms with Gasteiger partial charge in [0.05, 0.1) is 5.56 Å². The van der Waals surface area contributed by atoms with Crippen molar-refractivity contribution in [1.29, 1.82) is 0 Å². The number of aromatic nitrogens is 1. The third kappa shape index (κ3) is 3.70. The van der Waals surface area contributed by atoms with Crippen LogP contribution in [0.1, 0.15) is 43.0 Å². The summed E-state index contributed by atoms with van der Waals surface area (Å²) in [5.74, 6) is 0.769. The second-order valence-corrected chi connectivity index (χ2v) is 5.01. The normalized spacial score (nSPS) is 16.6. The van der Waals surface area contributed by atoms with E-state index in [-0.39, 0.29) is 11.9 Å². The molecule has 1 amide bonds. The van der Waals surface area contributed by atoms with E-state index in [4.69, 9.17) is 11.6 Å². The van der Waals surface area contributed by atoms with Crippen molar-refractivity contribution in [3.8, 4) is 0 Å². The highest BCUT2D eigenvalue weighted by molar-refractivity contribution is 6.29. The Morgan fingerprint density at radius 1 is 1.59 bits per heavy atom. The van der Waals surface area contributed by atoms with Gasteiger partial charge in [-0.25, -0.2) is 4.98 Å². The first-order valence-electron chi connectivity index (χ1n) is 6.11. The molecule has 0 bridgehead atoms. The fraction of sp³-hybridized carbons (Fsp3) is 0.538. The lowest BCUT2D eigenvalue weighted by Crippen LogP contribution is -2.34. The summed E-state index contributed by atoms with van der Waals surface area (Å²) in [5.41, 5.74) is 0.573. The van der Waals surface area contributed by atoms with Gasteiger partial charge in [0.2, 0.25) is 0 Å². The highest BCUT2D eigenvalue weighted by atomic mass is 35.5. The molecule has 1 aliphatic rings. The van der Waals surface area contributed by atoms with Gasteiger partial charge in [-0.2, -0.15) is 0 Å². The van der Waals surface area contributed by atoms with Crippen LogP contribution >= 0.6 is 11.6 Å². The van der Waals surface area contributed by atoms with Crippen molar-refractivity contribution in [2.45, 2.75) is 38.6 Å². The lowest BCUT2D eigenvalue weighted by Gasteiger charge is -2.16. The summed E-state index contributed by atoms with van der Waals surface area (Å²) < 4.78 is 0. The molecule has 92 valence electrons. The van der Waals surface area contributed by atoms with Crippen molar-refractivity contribution >= 4 is 17.5 Å². The fourth-order valence-electron chi connectivity index (χ4n) is 1.86. The molecule has 1 N–H and O–H groups in total. The minimum absolute atomic E-state index is 0.0540. The van der Waals surface area contributed by atoms with Gasteiger partial charge in [-0.15, -0.1) is 0 Å². The van der Waals surface area contributed by atoms with Gasteiger partial charge in [0.25, 0.3) is 5.91 Å². The Kier molecular flexibility index (Phi) is 4.00. The maximum absolute atomic E-state index is 11.9. The van der Waals surface area contributed by atoms with Crippen LogP contribution < -0.4 is 5.32 Å². The van der Waals surface area contributed by atoms with Gasteiger partial charge in [-0.1, -0.05) is 31.4 Å². The Balaban J connectivity index is 1.92. The van der Waals surface area contributed by atoms with Crippen LogP contribution in [0.5, 0.6) is 0 Å². The number of amides is 1. The lowest BCUT2D eigenvalue weighted by molar-refractivity contribution is 0.0932. The van der Waals surface area contributed by atoms with Crippen molar-refractivity contribution in [1.82, 2.24) is 10.3 Å². The summed E-state index contributed by atoms with van der Waals surface area (Å²) >= 11 is 5.68. The van der Waals surface area contributed by atoms with Crippen molar-refractivity contribution in [3.63, 3.8) is 0 Å². The molecule has 0 saturated heterocycles. The summed E-state index contributed by atoms with van der Waals surface area (Å²) in [5, 5.41) is 3.46. The summed E-state index contributed by atoms with van der Waals surface area (Å²) in [4.78, 5) is 15.8. The van der Waals surface area contributed by atoms with Crippen LogP contribution in [-0.4, -0.2) is 16.9 Å². The van der Waals surface area contributed by atoms with Crippen molar-refractivity contribution in [2.24, 2.45) is 5.92 Å². The van der Waals surface area contributed by atoms with Crippen LogP contribution in [0.4, 0.5) is 0 Å². The summed E-state index contributed by atoms with van der Waals surface area (Å²) in [6.45, 7) is 2.10. The first kappa shape index (κ1) is 12.4. The van der Waals surface area contributed by atoms with Gasteiger partial charge in [0.15, 0.2) is 0 Å². The smallest absolute Gasteiger partial charge is 0.253 e. The van der Waals surface area contributed by atoms with Crippen LogP contribution in [0.25, 0.3) is 0 Å². The SMILES string of the molecule is CCC(CC1CC1)NC(=O)c1ccc(Cl)nc1. The zero-order chi connectivity index (χ0) is 12.3. The quantitative estimate of drug-likeness (QED) is 0.819.